The number of rotatable bonds is 5. The van der Waals surface area contributed by atoms with Crippen LogP contribution in [0.2, 0.25) is 0 Å². The molecule has 5 nitrogen and oxygen atoms in total. The molecule has 0 aliphatic heterocycles. The van der Waals surface area contributed by atoms with Gasteiger partial charge in [-0.3, -0.25) is 0 Å². The Labute approximate surface area is 107 Å². The molecule has 18 heavy (non-hydrogen) atoms. The van der Waals surface area contributed by atoms with E-state index in [2.05, 4.69) is 22.2 Å². The van der Waals surface area contributed by atoms with Crippen LogP contribution < -0.4 is 5.32 Å². The molecule has 1 aromatic rings. The molecule has 0 bridgehead atoms. The number of aromatic carboxylic acids is 1. The van der Waals surface area contributed by atoms with E-state index in [1.54, 1.807) is 6.92 Å². The fourth-order valence-corrected chi connectivity index (χ4v) is 2.36. The van der Waals surface area contributed by atoms with Crippen LogP contribution in [0.15, 0.2) is 6.20 Å². The summed E-state index contributed by atoms with van der Waals surface area (Å²) in [5.41, 5.74) is 1.05. The lowest BCUT2D eigenvalue weighted by atomic mass is 9.67. The highest BCUT2D eigenvalue weighted by atomic mass is 16.4. The minimum absolute atomic E-state index is 0.161. The van der Waals surface area contributed by atoms with Crippen molar-refractivity contribution in [1.29, 1.82) is 0 Å². The molecule has 0 radical (unpaired) electrons. The van der Waals surface area contributed by atoms with Gasteiger partial charge in [0.25, 0.3) is 0 Å². The van der Waals surface area contributed by atoms with Gasteiger partial charge in [0.1, 0.15) is 0 Å². The SMILES string of the molecule is CCC1(CNc2ncc(C(=O)O)c(C)n2)CCC1. The Balaban J connectivity index is 2.02. The number of nitrogens with one attached hydrogen (secondary N) is 1. The van der Waals surface area contributed by atoms with Crippen molar-refractivity contribution in [2.75, 3.05) is 11.9 Å². The van der Waals surface area contributed by atoms with Crippen LogP contribution in [0.4, 0.5) is 5.95 Å². The third kappa shape index (κ3) is 2.44. The Morgan fingerprint density at radius 1 is 1.56 bits per heavy atom. The largest absolute Gasteiger partial charge is 0.478 e. The lowest BCUT2D eigenvalue weighted by molar-refractivity contribution is 0.0695. The molecule has 98 valence electrons. The first-order valence-corrected chi connectivity index (χ1v) is 6.37. The first kappa shape index (κ1) is 12.8. The number of aryl methyl sites for hydroxylation is 1. The number of anilines is 1. The van der Waals surface area contributed by atoms with E-state index in [0.717, 1.165) is 13.0 Å². The Morgan fingerprint density at radius 2 is 2.28 bits per heavy atom. The van der Waals surface area contributed by atoms with Crippen molar-refractivity contribution in [2.45, 2.75) is 39.5 Å². The van der Waals surface area contributed by atoms with Crippen LogP contribution in [0.1, 0.15) is 48.7 Å². The van der Waals surface area contributed by atoms with E-state index in [9.17, 15) is 4.79 Å². The summed E-state index contributed by atoms with van der Waals surface area (Å²) in [7, 11) is 0. The monoisotopic (exact) mass is 249 g/mol. The summed E-state index contributed by atoms with van der Waals surface area (Å²) < 4.78 is 0. The maximum absolute atomic E-state index is 10.9. The molecule has 1 saturated carbocycles. The zero-order valence-electron chi connectivity index (χ0n) is 10.9. The zero-order chi connectivity index (χ0) is 13.2. The predicted octanol–water partition coefficient (Wildman–Crippen LogP) is 2.48. The number of carboxylic acids is 1. The molecular formula is C13H19N3O2. The standard InChI is InChI=1S/C13H19N3O2/c1-3-13(5-4-6-13)8-15-12-14-7-10(11(17)18)9(2)16-12/h7H,3-6,8H2,1-2H3,(H,17,18)(H,14,15,16). The van der Waals surface area contributed by atoms with Gasteiger partial charge in [-0.2, -0.15) is 0 Å². The van der Waals surface area contributed by atoms with Crippen molar-refractivity contribution >= 4 is 11.9 Å². The van der Waals surface area contributed by atoms with E-state index < -0.39 is 5.97 Å². The molecule has 1 aromatic heterocycles. The van der Waals surface area contributed by atoms with Gasteiger partial charge >= 0.3 is 5.97 Å². The fourth-order valence-electron chi connectivity index (χ4n) is 2.36. The molecule has 0 spiro atoms. The van der Waals surface area contributed by atoms with E-state index in [1.165, 1.54) is 25.5 Å². The normalized spacial score (nSPS) is 17.0. The average molecular weight is 249 g/mol. The van der Waals surface area contributed by atoms with Crippen molar-refractivity contribution in [2.24, 2.45) is 5.41 Å². The molecule has 1 aliphatic rings. The van der Waals surface area contributed by atoms with Crippen LogP contribution in [0.5, 0.6) is 0 Å². The number of hydrogen-bond acceptors (Lipinski definition) is 4. The van der Waals surface area contributed by atoms with Gasteiger partial charge in [-0.05, 0) is 31.6 Å². The van der Waals surface area contributed by atoms with Crippen molar-refractivity contribution in [1.82, 2.24) is 9.97 Å². The van der Waals surface area contributed by atoms with Gasteiger partial charge in [0, 0.05) is 12.7 Å². The number of carbonyl (C=O) groups is 1. The minimum atomic E-state index is -0.983. The number of aromatic nitrogens is 2. The minimum Gasteiger partial charge on any atom is -0.478 e. The van der Waals surface area contributed by atoms with Gasteiger partial charge in [0.2, 0.25) is 5.95 Å². The zero-order valence-corrected chi connectivity index (χ0v) is 10.9. The second-order valence-electron chi connectivity index (χ2n) is 5.06. The highest BCUT2D eigenvalue weighted by molar-refractivity contribution is 5.88. The first-order valence-electron chi connectivity index (χ1n) is 6.37. The van der Waals surface area contributed by atoms with E-state index >= 15 is 0 Å². The Hall–Kier alpha value is -1.65. The third-order valence-electron chi connectivity index (χ3n) is 4.00. The van der Waals surface area contributed by atoms with Crippen molar-refractivity contribution in [3.8, 4) is 0 Å². The van der Waals surface area contributed by atoms with Crippen molar-refractivity contribution in [3.63, 3.8) is 0 Å². The highest BCUT2D eigenvalue weighted by Gasteiger charge is 2.34. The lowest BCUT2D eigenvalue weighted by Gasteiger charge is -2.41. The quantitative estimate of drug-likeness (QED) is 0.838. The van der Waals surface area contributed by atoms with E-state index in [1.807, 2.05) is 0 Å². The Kier molecular flexibility index (Phi) is 3.50. The topological polar surface area (TPSA) is 75.1 Å². The van der Waals surface area contributed by atoms with Gasteiger partial charge in [-0.1, -0.05) is 13.3 Å². The van der Waals surface area contributed by atoms with Crippen molar-refractivity contribution < 1.29 is 9.90 Å². The number of hydrogen-bond donors (Lipinski definition) is 2. The third-order valence-corrected chi connectivity index (χ3v) is 4.00. The summed E-state index contributed by atoms with van der Waals surface area (Å²) >= 11 is 0. The smallest absolute Gasteiger partial charge is 0.339 e. The number of carboxylic acid groups (broad SMARTS) is 1. The summed E-state index contributed by atoms with van der Waals surface area (Å²) in [6, 6.07) is 0. The first-order chi connectivity index (χ1) is 8.56. The van der Waals surface area contributed by atoms with Gasteiger partial charge in [0.05, 0.1) is 11.3 Å². The molecule has 0 amide bonds. The van der Waals surface area contributed by atoms with Gasteiger partial charge in [-0.15, -0.1) is 0 Å². The summed E-state index contributed by atoms with van der Waals surface area (Å²) in [6.07, 6.45) is 6.33. The second kappa shape index (κ2) is 4.92. The maximum Gasteiger partial charge on any atom is 0.339 e. The van der Waals surface area contributed by atoms with E-state index in [0.29, 0.717) is 17.1 Å². The molecule has 1 heterocycles. The van der Waals surface area contributed by atoms with Crippen LogP contribution in [-0.2, 0) is 0 Å². The number of nitrogens with zero attached hydrogens (tertiary/aromatic N) is 2. The Morgan fingerprint density at radius 3 is 2.72 bits per heavy atom. The van der Waals surface area contributed by atoms with Gasteiger partial charge in [-0.25, -0.2) is 14.8 Å². The van der Waals surface area contributed by atoms with Crippen LogP contribution in [0.25, 0.3) is 0 Å². The summed E-state index contributed by atoms with van der Waals surface area (Å²) in [4.78, 5) is 19.1. The van der Waals surface area contributed by atoms with E-state index in [-0.39, 0.29) is 5.56 Å². The molecule has 1 fully saturated rings. The fraction of sp³-hybridized carbons (Fsp3) is 0.615. The van der Waals surface area contributed by atoms with Crippen LogP contribution in [-0.4, -0.2) is 27.6 Å². The average Bonchev–Trinajstić information content (AvgIpc) is 2.27. The van der Waals surface area contributed by atoms with E-state index in [4.69, 9.17) is 5.11 Å². The summed E-state index contributed by atoms with van der Waals surface area (Å²) in [6.45, 7) is 4.77. The molecule has 0 atom stereocenters. The van der Waals surface area contributed by atoms with Gasteiger partial charge < -0.3 is 10.4 Å². The molecule has 1 aliphatic carbocycles. The molecule has 0 unspecified atom stereocenters. The maximum atomic E-state index is 10.9. The molecular weight excluding hydrogens is 230 g/mol. The van der Waals surface area contributed by atoms with Gasteiger partial charge in [0.15, 0.2) is 0 Å². The molecule has 5 heteroatoms. The second-order valence-corrected chi connectivity index (χ2v) is 5.06. The summed E-state index contributed by atoms with van der Waals surface area (Å²) in [5.74, 6) is -0.458. The summed E-state index contributed by atoms with van der Waals surface area (Å²) in [5, 5.41) is 12.1. The molecule has 0 aromatic carbocycles. The van der Waals surface area contributed by atoms with Crippen LogP contribution in [0, 0.1) is 12.3 Å². The predicted molar refractivity (Wildman–Crippen MR) is 68.8 cm³/mol. The van der Waals surface area contributed by atoms with Crippen LogP contribution in [0.3, 0.4) is 0 Å². The Bertz CT molecular complexity index is 450. The molecule has 2 N–H and O–H groups in total. The van der Waals surface area contributed by atoms with Crippen molar-refractivity contribution in [3.05, 3.63) is 17.5 Å². The molecule has 0 saturated heterocycles. The lowest BCUT2D eigenvalue weighted by Crippen LogP contribution is -2.36. The van der Waals surface area contributed by atoms with Crippen LogP contribution >= 0.6 is 0 Å². The highest BCUT2D eigenvalue weighted by Crippen LogP contribution is 2.43. The molecule has 2 rings (SSSR count).